The van der Waals surface area contributed by atoms with E-state index in [4.69, 9.17) is 10.8 Å². The largest absolute Gasteiger partial charge is 0.481 e. The van der Waals surface area contributed by atoms with Crippen molar-refractivity contribution >= 4 is 33.2 Å². The topological polar surface area (TPSA) is 63.3 Å². The third-order valence-corrected chi connectivity index (χ3v) is 4.67. The van der Waals surface area contributed by atoms with Crippen LogP contribution in [-0.2, 0) is 4.79 Å². The van der Waals surface area contributed by atoms with Gasteiger partial charge in [-0.2, -0.15) is 0 Å². The number of thiophene rings is 1. The number of rotatable bonds is 6. The van der Waals surface area contributed by atoms with E-state index in [1.54, 1.807) is 11.3 Å². The molecule has 0 fully saturated rings. The normalized spacial score (nSPS) is 12.7. The SMILES string of the molecule is Cc1cc(C(N)CCCCC(=O)O)sc1Br. The molecule has 1 unspecified atom stereocenters. The van der Waals surface area contributed by atoms with Crippen LogP contribution in [0.3, 0.4) is 0 Å². The zero-order valence-electron chi connectivity index (χ0n) is 9.20. The maximum Gasteiger partial charge on any atom is 0.303 e. The van der Waals surface area contributed by atoms with Crippen LogP contribution in [0.2, 0.25) is 0 Å². The van der Waals surface area contributed by atoms with Gasteiger partial charge in [-0.25, -0.2) is 0 Å². The standard InChI is InChI=1S/C11H16BrNO2S/c1-7-6-9(16-11(7)12)8(13)4-2-3-5-10(14)15/h6,8H,2-5,13H2,1H3,(H,14,15). The number of halogens is 1. The number of aryl methyl sites for hydroxylation is 1. The molecule has 0 spiro atoms. The molecule has 1 aromatic heterocycles. The molecule has 0 radical (unpaired) electrons. The molecule has 3 N–H and O–H groups in total. The van der Waals surface area contributed by atoms with E-state index in [9.17, 15) is 4.79 Å². The Morgan fingerprint density at radius 1 is 1.62 bits per heavy atom. The van der Waals surface area contributed by atoms with Gasteiger partial charge in [-0.3, -0.25) is 4.79 Å². The van der Waals surface area contributed by atoms with Gasteiger partial charge in [0.15, 0.2) is 0 Å². The molecule has 1 rings (SSSR count). The Hall–Kier alpha value is -0.390. The fraction of sp³-hybridized carbons (Fsp3) is 0.545. The zero-order valence-corrected chi connectivity index (χ0v) is 11.6. The van der Waals surface area contributed by atoms with E-state index in [0.29, 0.717) is 6.42 Å². The summed E-state index contributed by atoms with van der Waals surface area (Å²) in [6, 6.07) is 2.13. The van der Waals surface area contributed by atoms with Crippen LogP contribution in [-0.4, -0.2) is 11.1 Å². The average Bonchev–Trinajstić information content (AvgIpc) is 2.54. The van der Waals surface area contributed by atoms with E-state index in [2.05, 4.69) is 22.0 Å². The van der Waals surface area contributed by atoms with Crippen LogP contribution in [0.4, 0.5) is 0 Å². The highest BCUT2D eigenvalue weighted by Gasteiger charge is 2.10. The third-order valence-electron chi connectivity index (χ3n) is 2.40. The van der Waals surface area contributed by atoms with Crippen molar-refractivity contribution in [2.24, 2.45) is 5.73 Å². The summed E-state index contributed by atoms with van der Waals surface area (Å²) in [6.45, 7) is 2.04. The molecule has 0 aromatic carbocycles. The van der Waals surface area contributed by atoms with Crippen molar-refractivity contribution in [2.45, 2.75) is 38.6 Å². The first-order valence-electron chi connectivity index (χ1n) is 5.24. The van der Waals surface area contributed by atoms with Crippen molar-refractivity contribution in [2.75, 3.05) is 0 Å². The number of aliphatic carboxylic acids is 1. The molecule has 0 aliphatic rings. The maximum atomic E-state index is 10.3. The molecule has 0 aliphatic heterocycles. The van der Waals surface area contributed by atoms with Crippen LogP contribution >= 0.6 is 27.3 Å². The van der Waals surface area contributed by atoms with Crippen LogP contribution in [0.5, 0.6) is 0 Å². The van der Waals surface area contributed by atoms with Crippen LogP contribution in [0.25, 0.3) is 0 Å². The first-order valence-corrected chi connectivity index (χ1v) is 6.85. The zero-order chi connectivity index (χ0) is 12.1. The lowest BCUT2D eigenvalue weighted by molar-refractivity contribution is -0.137. The fourth-order valence-corrected chi connectivity index (χ4v) is 3.06. The van der Waals surface area contributed by atoms with Gasteiger partial charge in [0, 0.05) is 17.3 Å². The second-order valence-corrected chi connectivity index (χ2v) is 6.25. The molecule has 0 bridgehead atoms. The Labute approximate surface area is 108 Å². The predicted molar refractivity (Wildman–Crippen MR) is 69.8 cm³/mol. The summed E-state index contributed by atoms with van der Waals surface area (Å²) in [5.41, 5.74) is 7.25. The molecule has 0 amide bonds. The predicted octanol–water partition coefficient (Wildman–Crippen LogP) is 3.46. The molecule has 0 saturated carbocycles. The van der Waals surface area contributed by atoms with E-state index in [1.165, 1.54) is 10.4 Å². The molecule has 0 aliphatic carbocycles. The van der Waals surface area contributed by atoms with Crippen molar-refractivity contribution in [1.82, 2.24) is 0 Å². The Balaban J connectivity index is 2.35. The van der Waals surface area contributed by atoms with Gasteiger partial charge in [0.1, 0.15) is 0 Å². The molecular formula is C11H16BrNO2S. The van der Waals surface area contributed by atoms with Gasteiger partial charge in [-0.15, -0.1) is 11.3 Å². The molecule has 1 aromatic rings. The van der Waals surface area contributed by atoms with Gasteiger partial charge >= 0.3 is 5.97 Å². The summed E-state index contributed by atoms with van der Waals surface area (Å²) in [7, 11) is 0. The molecule has 16 heavy (non-hydrogen) atoms. The number of unbranched alkanes of at least 4 members (excludes halogenated alkanes) is 1. The van der Waals surface area contributed by atoms with Crippen molar-refractivity contribution in [3.63, 3.8) is 0 Å². The van der Waals surface area contributed by atoms with Crippen molar-refractivity contribution in [3.05, 3.63) is 20.3 Å². The number of hydrogen-bond donors (Lipinski definition) is 2. The van der Waals surface area contributed by atoms with Crippen LogP contribution in [0.1, 0.15) is 42.2 Å². The highest BCUT2D eigenvalue weighted by Crippen LogP contribution is 2.32. The average molecular weight is 306 g/mol. The summed E-state index contributed by atoms with van der Waals surface area (Å²) in [6.07, 6.45) is 2.65. The number of nitrogens with two attached hydrogens (primary N) is 1. The van der Waals surface area contributed by atoms with Gasteiger partial charge < -0.3 is 10.8 Å². The lowest BCUT2D eigenvalue weighted by atomic mass is 10.1. The monoisotopic (exact) mass is 305 g/mol. The summed E-state index contributed by atoms with van der Waals surface area (Å²) in [5, 5.41) is 8.50. The molecular weight excluding hydrogens is 290 g/mol. The number of carbonyl (C=O) groups is 1. The number of hydrogen-bond acceptors (Lipinski definition) is 3. The molecule has 3 nitrogen and oxygen atoms in total. The smallest absolute Gasteiger partial charge is 0.303 e. The highest BCUT2D eigenvalue weighted by molar-refractivity contribution is 9.11. The minimum Gasteiger partial charge on any atom is -0.481 e. The van der Waals surface area contributed by atoms with E-state index >= 15 is 0 Å². The van der Waals surface area contributed by atoms with E-state index in [-0.39, 0.29) is 12.5 Å². The highest BCUT2D eigenvalue weighted by atomic mass is 79.9. The molecule has 1 heterocycles. The summed E-state index contributed by atoms with van der Waals surface area (Å²) < 4.78 is 1.13. The summed E-state index contributed by atoms with van der Waals surface area (Å²) in [4.78, 5) is 11.5. The molecule has 90 valence electrons. The van der Waals surface area contributed by atoms with Gasteiger partial charge in [0.05, 0.1) is 3.79 Å². The van der Waals surface area contributed by atoms with Crippen LogP contribution in [0, 0.1) is 6.92 Å². The van der Waals surface area contributed by atoms with E-state index < -0.39 is 5.97 Å². The van der Waals surface area contributed by atoms with Crippen molar-refractivity contribution in [1.29, 1.82) is 0 Å². The Morgan fingerprint density at radius 2 is 2.31 bits per heavy atom. The number of carboxylic acids is 1. The molecule has 5 heteroatoms. The van der Waals surface area contributed by atoms with Gasteiger partial charge in [-0.1, -0.05) is 6.42 Å². The van der Waals surface area contributed by atoms with Crippen molar-refractivity contribution < 1.29 is 9.90 Å². The molecule has 0 saturated heterocycles. The minimum absolute atomic E-state index is 0.0313. The third kappa shape index (κ3) is 4.23. The quantitative estimate of drug-likeness (QED) is 0.791. The van der Waals surface area contributed by atoms with Crippen LogP contribution < -0.4 is 5.73 Å². The van der Waals surface area contributed by atoms with Gasteiger partial charge in [0.25, 0.3) is 0 Å². The van der Waals surface area contributed by atoms with E-state index in [0.717, 1.165) is 16.6 Å². The first kappa shape index (κ1) is 13.7. The van der Waals surface area contributed by atoms with E-state index in [1.807, 2.05) is 6.92 Å². The summed E-state index contributed by atoms with van der Waals surface area (Å²) >= 11 is 5.13. The second kappa shape index (κ2) is 6.37. The van der Waals surface area contributed by atoms with Gasteiger partial charge in [0.2, 0.25) is 0 Å². The fourth-order valence-electron chi connectivity index (χ4n) is 1.45. The Morgan fingerprint density at radius 3 is 2.81 bits per heavy atom. The van der Waals surface area contributed by atoms with Gasteiger partial charge in [-0.05, 0) is 47.3 Å². The van der Waals surface area contributed by atoms with Crippen LogP contribution in [0.15, 0.2) is 9.85 Å². The summed E-state index contributed by atoms with van der Waals surface area (Å²) in [5.74, 6) is -0.733. The Bertz CT molecular complexity index is 345. The minimum atomic E-state index is -0.733. The first-order chi connectivity index (χ1) is 7.50. The second-order valence-electron chi connectivity index (χ2n) is 3.85. The Kier molecular flexibility index (Phi) is 5.44. The maximum absolute atomic E-state index is 10.3. The lowest BCUT2D eigenvalue weighted by Gasteiger charge is -2.08. The number of carboxylic acid groups (broad SMARTS) is 1. The molecule has 1 atom stereocenters. The van der Waals surface area contributed by atoms with Crippen molar-refractivity contribution in [3.8, 4) is 0 Å². The lowest BCUT2D eigenvalue weighted by Crippen LogP contribution is -2.08.